The van der Waals surface area contributed by atoms with Crippen LogP contribution in [-0.2, 0) is 16.5 Å². The summed E-state index contributed by atoms with van der Waals surface area (Å²) in [4.78, 5) is 0. The minimum absolute atomic E-state index is 0.222. The maximum Gasteiger partial charge on any atom is 0.191 e. The number of hydrogen-bond acceptors (Lipinski definition) is 6. The average Bonchev–Trinajstić information content (AvgIpc) is 2.95. The minimum atomic E-state index is 0.222. The van der Waals surface area contributed by atoms with Crippen LogP contribution in [0.25, 0.3) is 11.4 Å². The van der Waals surface area contributed by atoms with E-state index in [9.17, 15) is 0 Å². The van der Waals surface area contributed by atoms with Crippen LogP contribution in [0.3, 0.4) is 0 Å². The fraction of sp³-hybridized carbons (Fsp3) is 0.467. The first kappa shape index (κ1) is 15.3. The minimum Gasteiger partial charge on any atom is -0.497 e. The smallest absolute Gasteiger partial charge is 0.191 e. The highest BCUT2D eigenvalue weighted by Crippen LogP contribution is 2.25. The zero-order chi connectivity index (χ0) is 15.4. The van der Waals surface area contributed by atoms with Crippen LogP contribution in [0.1, 0.15) is 6.42 Å². The highest BCUT2D eigenvalue weighted by atomic mass is 32.2. The van der Waals surface area contributed by atoms with Gasteiger partial charge in [-0.2, -0.15) is 0 Å². The topological polar surface area (TPSA) is 58.4 Å². The van der Waals surface area contributed by atoms with Gasteiger partial charge in [-0.05, 0) is 30.7 Å². The Morgan fingerprint density at radius 2 is 2.14 bits per heavy atom. The molecule has 0 saturated carbocycles. The SMILES string of the molecule is COc1ccc(-c2nnc(SC[C@@H]3CCOCO3)n2C)cc1. The largest absolute Gasteiger partial charge is 0.497 e. The molecule has 1 fully saturated rings. The van der Waals surface area contributed by atoms with Gasteiger partial charge in [0.05, 0.1) is 19.8 Å². The lowest BCUT2D eigenvalue weighted by Gasteiger charge is -2.21. The van der Waals surface area contributed by atoms with Gasteiger partial charge in [0.15, 0.2) is 11.0 Å². The van der Waals surface area contributed by atoms with Crippen LogP contribution in [0.4, 0.5) is 0 Å². The van der Waals surface area contributed by atoms with Crippen molar-refractivity contribution in [3.05, 3.63) is 24.3 Å². The molecule has 3 rings (SSSR count). The van der Waals surface area contributed by atoms with Crippen LogP contribution in [0, 0.1) is 0 Å². The molecular weight excluding hydrogens is 302 g/mol. The highest BCUT2D eigenvalue weighted by Gasteiger charge is 2.17. The number of nitrogens with zero attached hydrogens (tertiary/aromatic N) is 3. The first-order valence-corrected chi connectivity index (χ1v) is 8.12. The lowest BCUT2D eigenvalue weighted by atomic mass is 10.2. The summed E-state index contributed by atoms with van der Waals surface area (Å²) >= 11 is 1.66. The van der Waals surface area contributed by atoms with Crippen molar-refractivity contribution in [1.82, 2.24) is 14.8 Å². The molecule has 2 heterocycles. The van der Waals surface area contributed by atoms with Crippen LogP contribution in [0.15, 0.2) is 29.4 Å². The standard InChI is InChI=1S/C15H19N3O3S/c1-18-14(11-3-5-12(19-2)6-4-11)16-17-15(18)22-9-13-7-8-20-10-21-13/h3-6,13H,7-10H2,1-2H3/t13-/m0/s1. The van der Waals surface area contributed by atoms with E-state index < -0.39 is 0 Å². The van der Waals surface area contributed by atoms with Crippen LogP contribution in [-0.4, -0.2) is 47.1 Å². The molecule has 6 nitrogen and oxygen atoms in total. The Bertz CT molecular complexity index is 609. The monoisotopic (exact) mass is 321 g/mol. The summed E-state index contributed by atoms with van der Waals surface area (Å²) in [6.45, 7) is 1.16. The molecule has 7 heteroatoms. The fourth-order valence-corrected chi connectivity index (χ4v) is 3.21. The van der Waals surface area contributed by atoms with E-state index in [0.717, 1.165) is 41.1 Å². The summed E-state index contributed by atoms with van der Waals surface area (Å²) in [6.07, 6.45) is 1.15. The van der Waals surface area contributed by atoms with Crippen molar-refractivity contribution in [3.63, 3.8) is 0 Å². The van der Waals surface area contributed by atoms with Crippen LogP contribution in [0.5, 0.6) is 5.75 Å². The quantitative estimate of drug-likeness (QED) is 0.788. The van der Waals surface area contributed by atoms with Crippen molar-refractivity contribution >= 4 is 11.8 Å². The van der Waals surface area contributed by atoms with E-state index in [1.807, 2.05) is 35.9 Å². The lowest BCUT2D eigenvalue weighted by Crippen LogP contribution is -2.25. The summed E-state index contributed by atoms with van der Waals surface area (Å²) in [6, 6.07) is 7.82. The highest BCUT2D eigenvalue weighted by molar-refractivity contribution is 7.99. The van der Waals surface area contributed by atoms with Gasteiger partial charge in [-0.15, -0.1) is 10.2 Å². The van der Waals surface area contributed by atoms with E-state index in [1.54, 1.807) is 18.9 Å². The Hall–Kier alpha value is -1.57. The van der Waals surface area contributed by atoms with Gasteiger partial charge in [-0.3, -0.25) is 0 Å². The summed E-state index contributed by atoms with van der Waals surface area (Å²) in [7, 11) is 3.64. The molecule has 118 valence electrons. The van der Waals surface area contributed by atoms with Gasteiger partial charge in [-0.1, -0.05) is 11.8 Å². The zero-order valence-corrected chi connectivity index (χ0v) is 13.5. The first-order valence-electron chi connectivity index (χ1n) is 7.14. The van der Waals surface area contributed by atoms with Crippen molar-refractivity contribution in [2.45, 2.75) is 17.7 Å². The van der Waals surface area contributed by atoms with Crippen molar-refractivity contribution < 1.29 is 14.2 Å². The third-order valence-electron chi connectivity index (χ3n) is 3.55. The van der Waals surface area contributed by atoms with Gasteiger partial charge in [-0.25, -0.2) is 0 Å². The Labute approximate surface area is 133 Å². The van der Waals surface area contributed by atoms with Gasteiger partial charge in [0, 0.05) is 18.4 Å². The second-order valence-electron chi connectivity index (χ2n) is 5.01. The van der Waals surface area contributed by atoms with Crippen molar-refractivity contribution in [2.24, 2.45) is 7.05 Å². The molecule has 1 saturated heterocycles. The average molecular weight is 321 g/mol. The zero-order valence-electron chi connectivity index (χ0n) is 12.7. The number of hydrogen-bond donors (Lipinski definition) is 0. The first-order chi connectivity index (χ1) is 10.8. The Kier molecular flexibility index (Phi) is 4.97. The predicted molar refractivity (Wildman–Crippen MR) is 84.0 cm³/mol. The second-order valence-corrected chi connectivity index (χ2v) is 6.00. The van der Waals surface area contributed by atoms with E-state index in [1.165, 1.54) is 0 Å². The Balaban J connectivity index is 1.68. The van der Waals surface area contributed by atoms with E-state index in [0.29, 0.717) is 6.79 Å². The third kappa shape index (κ3) is 3.43. The number of methoxy groups -OCH3 is 1. The molecular formula is C15H19N3O3S. The van der Waals surface area contributed by atoms with Gasteiger partial charge in [0.2, 0.25) is 0 Å². The van der Waals surface area contributed by atoms with Gasteiger partial charge in [0.1, 0.15) is 12.5 Å². The second kappa shape index (κ2) is 7.13. The molecule has 1 atom stereocenters. The summed E-state index contributed by atoms with van der Waals surface area (Å²) in [5, 5.41) is 9.46. The van der Waals surface area contributed by atoms with Crippen LogP contribution >= 0.6 is 11.8 Å². The van der Waals surface area contributed by atoms with Crippen molar-refractivity contribution in [2.75, 3.05) is 26.3 Å². The molecule has 2 aromatic rings. The number of rotatable bonds is 5. The number of benzene rings is 1. The number of ether oxygens (including phenoxy) is 3. The maximum absolute atomic E-state index is 5.54. The van der Waals surface area contributed by atoms with Gasteiger partial charge < -0.3 is 18.8 Å². The molecule has 22 heavy (non-hydrogen) atoms. The molecule has 1 aliphatic heterocycles. The lowest BCUT2D eigenvalue weighted by molar-refractivity contribution is -0.130. The van der Waals surface area contributed by atoms with E-state index >= 15 is 0 Å². The Morgan fingerprint density at radius 3 is 2.82 bits per heavy atom. The molecule has 0 radical (unpaired) electrons. The van der Waals surface area contributed by atoms with Crippen molar-refractivity contribution in [3.8, 4) is 17.1 Å². The Morgan fingerprint density at radius 1 is 1.32 bits per heavy atom. The molecule has 1 aromatic carbocycles. The van der Waals surface area contributed by atoms with Gasteiger partial charge >= 0.3 is 0 Å². The fourth-order valence-electron chi connectivity index (χ4n) is 2.23. The molecule has 1 aliphatic rings. The molecule has 0 aliphatic carbocycles. The van der Waals surface area contributed by atoms with E-state index in [4.69, 9.17) is 14.2 Å². The molecule has 0 amide bonds. The van der Waals surface area contributed by atoms with Crippen LogP contribution in [0.2, 0.25) is 0 Å². The van der Waals surface area contributed by atoms with E-state index in [-0.39, 0.29) is 6.10 Å². The predicted octanol–water partition coefficient (Wildman–Crippen LogP) is 2.35. The van der Waals surface area contributed by atoms with Crippen molar-refractivity contribution in [1.29, 1.82) is 0 Å². The maximum atomic E-state index is 5.54. The molecule has 0 unspecified atom stereocenters. The summed E-state index contributed by atoms with van der Waals surface area (Å²) < 4.78 is 17.9. The summed E-state index contributed by atoms with van der Waals surface area (Å²) in [5.41, 5.74) is 1.02. The molecule has 0 N–H and O–H groups in total. The normalized spacial score (nSPS) is 18.4. The third-order valence-corrected chi connectivity index (χ3v) is 4.70. The molecule has 1 aromatic heterocycles. The number of aromatic nitrogens is 3. The number of thioether (sulfide) groups is 1. The molecule has 0 spiro atoms. The van der Waals surface area contributed by atoms with Gasteiger partial charge in [0.25, 0.3) is 0 Å². The summed E-state index contributed by atoms with van der Waals surface area (Å²) in [5.74, 6) is 2.54. The van der Waals surface area contributed by atoms with Crippen LogP contribution < -0.4 is 4.74 Å². The van der Waals surface area contributed by atoms with E-state index in [2.05, 4.69) is 10.2 Å². The molecule has 0 bridgehead atoms.